The third-order valence-corrected chi connectivity index (χ3v) is 4.70. The van der Waals surface area contributed by atoms with Gasteiger partial charge in [0.2, 0.25) is 5.91 Å². The number of benzene rings is 2. The van der Waals surface area contributed by atoms with E-state index in [2.05, 4.69) is 0 Å². The molecule has 8 heteroatoms. The van der Waals surface area contributed by atoms with Crippen molar-refractivity contribution in [1.29, 1.82) is 0 Å². The monoisotopic (exact) mass is 320 g/mol. The van der Waals surface area contributed by atoms with E-state index < -0.39 is 31.3 Å². The molecule has 0 saturated heterocycles. The summed E-state index contributed by atoms with van der Waals surface area (Å²) in [5.74, 6) is -1.34. The molecule has 0 aliphatic carbocycles. The van der Waals surface area contributed by atoms with E-state index in [1.54, 1.807) is 30.3 Å². The summed E-state index contributed by atoms with van der Waals surface area (Å²) in [6.45, 7) is 0. The van der Waals surface area contributed by atoms with Crippen LogP contribution in [0.25, 0.3) is 0 Å². The van der Waals surface area contributed by atoms with Crippen LogP contribution in [0.1, 0.15) is 15.9 Å². The molecule has 0 aliphatic heterocycles. The summed E-state index contributed by atoms with van der Waals surface area (Å²) >= 11 is 0. The molecular formula is C14H12N2O5S. The Morgan fingerprint density at radius 2 is 1.77 bits per heavy atom. The van der Waals surface area contributed by atoms with Crippen molar-refractivity contribution < 1.29 is 18.1 Å². The zero-order valence-electron chi connectivity index (χ0n) is 11.3. The van der Waals surface area contributed by atoms with Crippen LogP contribution in [0.15, 0.2) is 53.4 Å². The number of nitrogens with zero attached hydrogens (tertiary/aromatic N) is 1. The average molecular weight is 320 g/mol. The van der Waals surface area contributed by atoms with Crippen molar-refractivity contribution in [2.75, 3.05) is 0 Å². The number of nitro benzene ring substituents is 1. The second kappa shape index (κ2) is 5.94. The topological polar surface area (TPSA) is 120 Å². The van der Waals surface area contributed by atoms with E-state index in [0.29, 0.717) is 5.56 Å². The van der Waals surface area contributed by atoms with E-state index in [4.69, 9.17) is 5.73 Å². The number of hydrogen-bond acceptors (Lipinski definition) is 5. The molecule has 0 aromatic heterocycles. The van der Waals surface area contributed by atoms with Crippen molar-refractivity contribution in [2.24, 2.45) is 5.73 Å². The Bertz CT molecular complexity index is 832. The van der Waals surface area contributed by atoms with Gasteiger partial charge in [0.15, 0.2) is 9.84 Å². The maximum absolute atomic E-state index is 12.5. The van der Waals surface area contributed by atoms with Gasteiger partial charge in [0.25, 0.3) is 5.69 Å². The van der Waals surface area contributed by atoms with Gasteiger partial charge in [0.05, 0.1) is 21.1 Å². The van der Waals surface area contributed by atoms with Crippen LogP contribution in [0.3, 0.4) is 0 Å². The number of amides is 1. The Balaban J connectivity index is 2.55. The molecule has 0 fully saturated rings. The summed E-state index contributed by atoms with van der Waals surface area (Å²) in [4.78, 5) is 21.0. The van der Waals surface area contributed by atoms with Gasteiger partial charge in [-0.2, -0.15) is 0 Å². The molecule has 0 saturated carbocycles. The standard InChI is InChI=1S/C14H12N2O5S/c15-14(17)12-7-6-11(16(18)19)8-13(12)22(20,21)9-10-4-2-1-3-5-10/h1-8H,9H2,(H2,15,17). The molecule has 2 rings (SSSR count). The van der Waals surface area contributed by atoms with E-state index in [1.807, 2.05) is 0 Å². The Hall–Kier alpha value is -2.74. The van der Waals surface area contributed by atoms with E-state index in [9.17, 15) is 23.3 Å². The summed E-state index contributed by atoms with van der Waals surface area (Å²) in [5, 5.41) is 10.8. The van der Waals surface area contributed by atoms with Gasteiger partial charge in [0.1, 0.15) is 0 Å². The number of carbonyl (C=O) groups excluding carboxylic acids is 1. The lowest BCUT2D eigenvalue weighted by Crippen LogP contribution is -2.17. The highest BCUT2D eigenvalue weighted by molar-refractivity contribution is 7.90. The van der Waals surface area contributed by atoms with Crippen molar-refractivity contribution >= 4 is 21.4 Å². The number of nitrogens with two attached hydrogens (primary N) is 1. The van der Waals surface area contributed by atoms with E-state index in [0.717, 1.165) is 18.2 Å². The van der Waals surface area contributed by atoms with Gasteiger partial charge in [-0.1, -0.05) is 30.3 Å². The minimum Gasteiger partial charge on any atom is -0.366 e. The molecule has 22 heavy (non-hydrogen) atoms. The van der Waals surface area contributed by atoms with Crippen LogP contribution in [0.5, 0.6) is 0 Å². The highest BCUT2D eigenvalue weighted by Crippen LogP contribution is 2.25. The largest absolute Gasteiger partial charge is 0.366 e. The van der Waals surface area contributed by atoms with Crippen LogP contribution in [-0.4, -0.2) is 19.2 Å². The van der Waals surface area contributed by atoms with Gasteiger partial charge in [-0.15, -0.1) is 0 Å². The number of rotatable bonds is 5. The van der Waals surface area contributed by atoms with Gasteiger partial charge in [0, 0.05) is 12.1 Å². The predicted octanol–water partition coefficient (Wildman–Crippen LogP) is 1.67. The first-order valence-corrected chi connectivity index (χ1v) is 7.81. The lowest BCUT2D eigenvalue weighted by molar-refractivity contribution is -0.385. The van der Waals surface area contributed by atoms with Crippen molar-refractivity contribution in [2.45, 2.75) is 10.6 Å². The van der Waals surface area contributed by atoms with Crippen LogP contribution in [-0.2, 0) is 15.6 Å². The van der Waals surface area contributed by atoms with Crippen molar-refractivity contribution in [3.8, 4) is 0 Å². The number of nitro groups is 1. The fraction of sp³-hybridized carbons (Fsp3) is 0.0714. The van der Waals surface area contributed by atoms with Gasteiger partial charge in [-0.05, 0) is 11.6 Å². The molecule has 7 nitrogen and oxygen atoms in total. The average Bonchev–Trinajstić information content (AvgIpc) is 2.47. The Labute approximate surface area is 126 Å². The smallest absolute Gasteiger partial charge is 0.270 e. The molecular weight excluding hydrogens is 308 g/mol. The lowest BCUT2D eigenvalue weighted by Gasteiger charge is -2.08. The first kappa shape index (κ1) is 15.6. The molecule has 0 unspecified atom stereocenters. The summed E-state index contributed by atoms with van der Waals surface area (Å²) in [6.07, 6.45) is 0. The van der Waals surface area contributed by atoms with E-state index >= 15 is 0 Å². The number of carbonyl (C=O) groups is 1. The maximum atomic E-state index is 12.5. The minimum atomic E-state index is -3.95. The fourth-order valence-corrected chi connectivity index (χ4v) is 3.55. The summed E-state index contributed by atoms with van der Waals surface area (Å²) in [7, 11) is -3.95. The van der Waals surface area contributed by atoms with Crippen LogP contribution in [0.2, 0.25) is 0 Å². The molecule has 2 aromatic carbocycles. The summed E-state index contributed by atoms with van der Waals surface area (Å²) < 4.78 is 24.9. The van der Waals surface area contributed by atoms with E-state index in [1.165, 1.54) is 0 Å². The molecule has 0 atom stereocenters. The summed E-state index contributed by atoms with van der Waals surface area (Å²) in [6, 6.07) is 11.3. The Kier molecular flexibility index (Phi) is 4.22. The third-order valence-electron chi connectivity index (χ3n) is 2.98. The van der Waals surface area contributed by atoms with Crippen molar-refractivity contribution in [3.63, 3.8) is 0 Å². The molecule has 2 N–H and O–H groups in total. The van der Waals surface area contributed by atoms with Gasteiger partial charge in [-0.25, -0.2) is 8.42 Å². The molecule has 0 spiro atoms. The molecule has 1 amide bonds. The van der Waals surface area contributed by atoms with Crippen LogP contribution < -0.4 is 5.73 Å². The highest BCUT2D eigenvalue weighted by atomic mass is 32.2. The van der Waals surface area contributed by atoms with Crippen LogP contribution in [0.4, 0.5) is 5.69 Å². The lowest BCUT2D eigenvalue weighted by atomic mass is 10.2. The zero-order chi connectivity index (χ0) is 16.3. The molecule has 0 heterocycles. The zero-order valence-corrected chi connectivity index (χ0v) is 12.1. The number of hydrogen-bond donors (Lipinski definition) is 1. The number of primary amides is 1. The third kappa shape index (κ3) is 3.29. The van der Waals surface area contributed by atoms with Gasteiger partial charge < -0.3 is 5.73 Å². The second-order valence-corrected chi connectivity index (χ2v) is 6.50. The van der Waals surface area contributed by atoms with Crippen molar-refractivity contribution in [1.82, 2.24) is 0 Å². The van der Waals surface area contributed by atoms with Crippen LogP contribution in [0, 0.1) is 10.1 Å². The normalized spacial score (nSPS) is 11.1. The molecule has 0 aliphatic rings. The first-order valence-electron chi connectivity index (χ1n) is 6.16. The minimum absolute atomic E-state index is 0.262. The predicted molar refractivity (Wildman–Crippen MR) is 78.9 cm³/mol. The number of non-ortho nitro benzene ring substituents is 1. The molecule has 2 aromatic rings. The van der Waals surface area contributed by atoms with E-state index in [-0.39, 0.29) is 11.3 Å². The number of sulfone groups is 1. The highest BCUT2D eigenvalue weighted by Gasteiger charge is 2.25. The van der Waals surface area contributed by atoms with Gasteiger partial charge >= 0.3 is 0 Å². The van der Waals surface area contributed by atoms with Gasteiger partial charge in [-0.3, -0.25) is 14.9 Å². The Morgan fingerprint density at radius 1 is 1.14 bits per heavy atom. The summed E-state index contributed by atoms with van der Waals surface area (Å²) in [5.41, 5.74) is 4.98. The van der Waals surface area contributed by atoms with Crippen molar-refractivity contribution in [3.05, 3.63) is 69.8 Å². The van der Waals surface area contributed by atoms with Crippen LogP contribution >= 0.6 is 0 Å². The molecule has 0 radical (unpaired) electrons. The second-order valence-electron chi connectivity index (χ2n) is 4.55. The Morgan fingerprint density at radius 3 is 2.32 bits per heavy atom. The molecule has 114 valence electrons. The molecule has 0 bridgehead atoms. The quantitative estimate of drug-likeness (QED) is 0.663. The maximum Gasteiger partial charge on any atom is 0.270 e. The first-order chi connectivity index (χ1) is 10.3. The SMILES string of the molecule is NC(=O)c1ccc([N+](=O)[O-])cc1S(=O)(=O)Cc1ccccc1. The fourth-order valence-electron chi connectivity index (χ4n) is 1.96.